The van der Waals surface area contributed by atoms with Crippen molar-refractivity contribution in [1.82, 2.24) is 4.09 Å². The van der Waals surface area contributed by atoms with Crippen LogP contribution in [0.5, 0.6) is 0 Å². The van der Waals surface area contributed by atoms with E-state index in [9.17, 15) is 4.79 Å². The van der Waals surface area contributed by atoms with Crippen LogP contribution in [0.3, 0.4) is 0 Å². The molecule has 36 heavy (non-hydrogen) atoms. The Morgan fingerprint density at radius 1 is 0.444 bits per heavy atom. The highest BCUT2D eigenvalue weighted by Gasteiger charge is 2.06. The molecule has 0 heterocycles. The third kappa shape index (κ3) is 30.1. The first kappa shape index (κ1) is 35.9. The van der Waals surface area contributed by atoms with Crippen LogP contribution >= 0.6 is 16.1 Å². The van der Waals surface area contributed by atoms with Gasteiger partial charge in [-0.25, -0.2) is 0 Å². The Kier molecular flexibility index (Phi) is 31.1. The van der Waals surface area contributed by atoms with Crippen LogP contribution in [0.2, 0.25) is 0 Å². The lowest BCUT2D eigenvalue weighted by atomic mass is 10.0. The first-order chi connectivity index (χ1) is 17.7. The number of hydrogen-bond acceptors (Lipinski definition) is 2. The molecule has 0 atom stereocenters. The van der Waals surface area contributed by atoms with Gasteiger partial charge in [0.1, 0.15) is 0 Å². The minimum absolute atomic E-state index is 0.250. The highest BCUT2D eigenvalue weighted by Crippen LogP contribution is 2.16. The van der Waals surface area contributed by atoms with Crippen molar-refractivity contribution in [3.8, 4) is 0 Å². The van der Waals surface area contributed by atoms with Crippen molar-refractivity contribution < 1.29 is 10.0 Å². The molecule has 216 valence electrons. The van der Waals surface area contributed by atoms with Gasteiger partial charge in [0, 0.05) is 6.42 Å². The summed E-state index contributed by atoms with van der Waals surface area (Å²) in [5.74, 6) is -0.250. The lowest BCUT2D eigenvalue weighted by molar-refractivity contribution is -0.143. The fraction of sp³-hybridized carbons (Fsp3) is 0.969. The van der Waals surface area contributed by atoms with E-state index in [0.717, 1.165) is 12.8 Å². The van der Waals surface area contributed by atoms with Gasteiger partial charge < -0.3 is 0 Å². The van der Waals surface area contributed by atoms with Gasteiger partial charge in [0.2, 0.25) is 0 Å². The van der Waals surface area contributed by atoms with Gasteiger partial charge in [-0.1, -0.05) is 187 Å². The molecule has 0 aromatic rings. The number of halogens is 1. The summed E-state index contributed by atoms with van der Waals surface area (Å²) in [4.78, 5) is 11.2. The topological polar surface area (TPSA) is 40.5 Å². The van der Waals surface area contributed by atoms with Crippen molar-refractivity contribution in [2.75, 3.05) is 0 Å². The molecular formula is C32H64BrNO2. The number of hydroxylamine groups is 1. The summed E-state index contributed by atoms with van der Waals surface area (Å²) >= 11 is 2.75. The fourth-order valence-electron chi connectivity index (χ4n) is 5.21. The van der Waals surface area contributed by atoms with E-state index in [-0.39, 0.29) is 5.91 Å². The largest absolute Gasteiger partial charge is 0.275 e. The van der Waals surface area contributed by atoms with Crippen LogP contribution in [-0.4, -0.2) is 15.2 Å². The molecule has 0 aromatic heterocycles. The second kappa shape index (κ2) is 31.1. The summed E-state index contributed by atoms with van der Waals surface area (Å²) < 4.78 is 0.522. The predicted octanol–water partition coefficient (Wildman–Crippen LogP) is 12.2. The van der Waals surface area contributed by atoms with Gasteiger partial charge in [-0.3, -0.25) is 10.0 Å². The van der Waals surface area contributed by atoms with Crippen molar-refractivity contribution in [3.05, 3.63) is 0 Å². The zero-order valence-electron chi connectivity index (χ0n) is 24.4. The fourth-order valence-corrected chi connectivity index (χ4v) is 5.39. The average molecular weight is 575 g/mol. The highest BCUT2D eigenvalue weighted by atomic mass is 79.9. The molecule has 0 fully saturated rings. The molecule has 0 spiro atoms. The molecule has 0 aliphatic rings. The van der Waals surface area contributed by atoms with E-state index in [0.29, 0.717) is 10.5 Å². The van der Waals surface area contributed by atoms with E-state index in [2.05, 4.69) is 23.1 Å². The molecule has 0 radical (unpaired) electrons. The van der Waals surface area contributed by atoms with Gasteiger partial charge in [-0.2, -0.15) is 4.09 Å². The van der Waals surface area contributed by atoms with Crippen molar-refractivity contribution in [2.45, 2.75) is 200 Å². The lowest BCUT2D eigenvalue weighted by Gasteiger charge is -2.05. The van der Waals surface area contributed by atoms with Crippen LogP contribution in [0.4, 0.5) is 0 Å². The first-order valence-corrected chi connectivity index (χ1v) is 17.1. The van der Waals surface area contributed by atoms with E-state index in [4.69, 9.17) is 5.21 Å². The smallest absolute Gasteiger partial charge is 0.256 e. The maximum atomic E-state index is 11.2. The van der Waals surface area contributed by atoms with Gasteiger partial charge in [0.25, 0.3) is 5.91 Å². The quantitative estimate of drug-likeness (QED) is 0.0401. The van der Waals surface area contributed by atoms with Crippen molar-refractivity contribution in [1.29, 1.82) is 0 Å². The number of nitrogens with zero attached hydrogens (tertiary/aromatic N) is 1. The molecule has 0 saturated heterocycles. The molecule has 1 amide bonds. The summed E-state index contributed by atoms with van der Waals surface area (Å²) in [5.41, 5.74) is 0. The number of rotatable bonds is 30. The van der Waals surface area contributed by atoms with E-state index < -0.39 is 0 Å². The monoisotopic (exact) mass is 573 g/mol. The maximum Gasteiger partial charge on any atom is 0.256 e. The van der Waals surface area contributed by atoms with Gasteiger partial charge in [0.05, 0.1) is 16.1 Å². The van der Waals surface area contributed by atoms with Crippen LogP contribution < -0.4 is 0 Å². The molecule has 4 heteroatoms. The number of carbonyl (C=O) groups is 1. The second-order valence-electron chi connectivity index (χ2n) is 11.3. The molecule has 0 unspecified atom stereocenters. The predicted molar refractivity (Wildman–Crippen MR) is 162 cm³/mol. The summed E-state index contributed by atoms with van der Waals surface area (Å²) in [6.07, 6.45) is 40.9. The zero-order valence-corrected chi connectivity index (χ0v) is 26.0. The van der Waals surface area contributed by atoms with E-state index in [1.165, 1.54) is 173 Å². The first-order valence-electron chi connectivity index (χ1n) is 16.4. The summed E-state index contributed by atoms with van der Waals surface area (Å²) in [5, 5.41) is 8.93. The van der Waals surface area contributed by atoms with E-state index >= 15 is 0 Å². The van der Waals surface area contributed by atoms with Crippen LogP contribution in [0.25, 0.3) is 0 Å². The molecule has 0 saturated carbocycles. The minimum atomic E-state index is -0.250. The number of unbranched alkanes of at least 4 members (excludes halogenated alkanes) is 28. The van der Waals surface area contributed by atoms with E-state index in [1.807, 2.05) is 0 Å². The van der Waals surface area contributed by atoms with Gasteiger partial charge in [-0.05, 0) is 6.42 Å². The molecule has 0 bridgehead atoms. The molecular weight excluding hydrogens is 510 g/mol. The summed E-state index contributed by atoms with van der Waals surface area (Å²) in [6.45, 7) is 2.30. The Balaban J connectivity index is 3.05. The number of carbonyl (C=O) groups excluding carboxylic acids is 1. The Bertz CT molecular complexity index is 430. The van der Waals surface area contributed by atoms with Gasteiger partial charge in [-0.15, -0.1) is 0 Å². The SMILES string of the molecule is CCCCCCCCCCCCCCCCCCCCCCCCCCCCCCCC(=O)N(O)Br. The standard InChI is InChI=1S/C32H64BrNO2/c1-2-3-4-5-6-7-8-9-10-11-12-13-14-15-16-17-18-19-20-21-22-23-24-25-26-27-28-29-30-31-32(35)34(33)36/h36H,2-31H2,1H3. The molecule has 0 aliphatic heterocycles. The van der Waals surface area contributed by atoms with Crippen LogP contribution in [0.15, 0.2) is 0 Å². The molecule has 0 aliphatic carbocycles. The van der Waals surface area contributed by atoms with Gasteiger partial charge >= 0.3 is 0 Å². The maximum absolute atomic E-state index is 11.2. The van der Waals surface area contributed by atoms with Crippen molar-refractivity contribution in [3.63, 3.8) is 0 Å². The van der Waals surface area contributed by atoms with Crippen LogP contribution in [0.1, 0.15) is 200 Å². The van der Waals surface area contributed by atoms with Crippen LogP contribution in [0, 0.1) is 0 Å². The Labute approximate surface area is 235 Å². The second-order valence-corrected chi connectivity index (χ2v) is 12.0. The summed E-state index contributed by atoms with van der Waals surface area (Å²) in [7, 11) is 0. The van der Waals surface area contributed by atoms with E-state index in [1.54, 1.807) is 0 Å². The Morgan fingerprint density at radius 3 is 0.833 bits per heavy atom. The highest BCUT2D eigenvalue weighted by molar-refractivity contribution is 9.07. The molecule has 0 rings (SSSR count). The normalized spacial score (nSPS) is 11.3. The Morgan fingerprint density at radius 2 is 0.639 bits per heavy atom. The lowest BCUT2D eigenvalue weighted by Crippen LogP contribution is -2.15. The average Bonchev–Trinajstić information content (AvgIpc) is 2.87. The Hall–Kier alpha value is -0.0900. The number of amides is 1. The van der Waals surface area contributed by atoms with Crippen molar-refractivity contribution >= 4 is 22.1 Å². The summed E-state index contributed by atoms with van der Waals surface area (Å²) in [6, 6.07) is 0. The van der Waals surface area contributed by atoms with Crippen molar-refractivity contribution in [2.24, 2.45) is 0 Å². The minimum Gasteiger partial charge on any atom is -0.275 e. The van der Waals surface area contributed by atoms with Gasteiger partial charge in [0.15, 0.2) is 0 Å². The third-order valence-corrected chi connectivity index (χ3v) is 8.10. The molecule has 3 nitrogen and oxygen atoms in total. The zero-order chi connectivity index (χ0) is 26.4. The van der Waals surface area contributed by atoms with Crippen LogP contribution in [-0.2, 0) is 4.79 Å². The molecule has 0 aromatic carbocycles. The third-order valence-electron chi connectivity index (χ3n) is 7.70. The molecule has 1 N–H and O–H groups in total. The number of hydrogen-bond donors (Lipinski definition) is 1.